The molecule has 0 bridgehead atoms. The van der Waals surface area contributed by atoms with Crippen LogP contribution >= 0.6 is 0 Å². The Morgan fingerprint density at radius 2 is 1.62 bits per heavy atom. The topological polar surface area (TPSA) is 67.9 Å². The van der Waals surface area contributed by atoms with Crippen LogP contribution in [-0.2, 0) is 14.3 Å². The van der Waals surface area contributed by atoms with Gasteiger partial charge in [-0.25, -0.2) is 4.79 Å². The molecule has 1 heterocycles. The highest BCUT2D eigenvalue weighted by molar-refractivity contribution is 5.93. The van der Waals surface area contributed by atoms with Crippen molar-refractivity contribution in [2.75, 3.05) is 36.5 Å². The van der Waals surface area contributed by atoms with E-state index in [1.54, 1.807) is 6.07 Å². The lowest BCUT2D eigenvalue weighted by atomic mass is 10.2. The van der Waals surface area contributed by atoms with Crippen molar-refractivity contribution < 1.29 is 19.1 Å². The number of nitrogens with zero attached hydrogens (tertiary/aromatic N) is 1. The molecule has 0 saturated carbocycles. The minimum Gasteiger partial charge on any atom is -0.482 e. The SMILES string of the molecule is Cc1ccccc1OCC(=O)OCC(=O)Nc1ccc(N2CCCCCC2)cc1. The molecule has 0 unspecified atom stereocenters. The van der Waals surface area contributed by atoms with Gasteiger partial charge in [-0.1, -0.05) is 31.0 Å². The standard InChI is InChI=1S/C23H28N2O4/c1-18-8-4-5-9-21(18)28-17-23(27)29-16-22(26)24-19-10-12-20(13-11-19)25-14-6-2-3-7-15-25/h4-5,8-13H,2-3,6-7,14-17H2,1H3,(H,24,26). The molecule has 1 fully saturated rings. The van der Waals surface area contributed by atoms with Crippen LogP contribution in [0.4, 0.5) is 11.4 Å². The number of nitrogens with one attached hydrogen (secondary N) is 1. The zero-order chi connectivity index (χ0) is 20.5. The molecule has 0 spiro atoms. The Labute approximate surface area is 171 Å². The number of hydrogen-bond acceptors (Lipinski definition) is 5. The second kappa shape index (κ2) is 10.5. The molecule has 29 heavy (non-hydrogen) atoms. The number of carbonyl (C=O) groups is 2. The van der Waals surface area contributed by atoms with Gasteiger partial charge >= 0.3 is 5.97 Å². The van der Waals surface area contributed by atoms with Gasteiger partial charge in [0.2, 0.25) is 0 Å². The van der Waals surface area contributed by atoms with Gasteiger partial charge in [0, 0.05) is 24.5 Å². The summed E-state index contributed by atoms with van der Waals surface area (Å²) in [5, 5.41) is 2.75. The third-order valence-corrected chi connectivity index (χ3v) is 4.93. The fraction of sp³-hybridized carbons (Fsp3) is 0.391. The molecule has 6 nitrogen and oxygen atoms in total. The average Bonchev–Trinajstić information content (AvgIpc) is 3.02. The fourth-order valence-electron chi connectivity index (χ4n) is 3.32. The number of rotatable bonds is 7. The van der Waals surface area contributed by atoms with Crippen molar-refractivity contribution in [1.82, 2.24) is 0 Å². The first-order valence-electron chi connectivity index (χ1n) is 10.1. The van der Waals surface area contributed by atoms with Gasteiger partial charge in [0.15, 0.2) is 13.2 Å². The van der Waals surface area contributed by atoms with Crippen molar-refractivity contribution in [2.45, 2.75) is 32.6 Å². The molecular formula is C23H28N2O4. The lowest BCUT2D eigenvalue weighted by Crippen LogP contribution is -2.24. The van der Waals surface area contributed by atoms with E-state index in [0.29, 0.717) is 11.4 Å². The van der Waals surface area contributed by atoms with Crippen LogP contribution in [0, 0.1) is 6.92 Å². The average molecular weight is 396 g/mol. The second-order valence-corrected chi connectivity index (χ2v) is 7.21. The normalized spacial score (nSPS) is 14.0. The minimum absolute atomic E-state index is 0.233. The van der Waals surface area contributed by atoms with E-state index in [-0.39, 0.29) is 19.1 Å². The Morgan fingerprint density at radius 1 is 0.931 bits per heavy atom. The van der Waals surface area contributed by atoms with Crippen molar-refractivity contribution in [1.29, 1.82) is 0 Å². The zero-order valence-electron chi connectivity index (χ0n) is 16.9. The van der Waals surface area contributed by atoms with Gasteiger partial charge < -0.3 is 19.7 Å². The zero-order valence-corrected chi connectivity index (χ0v) is 16.9. The Morgan fingerprint density at radius 3 is 2.31 bits per heavy atom. The maximum atomic E-state index is 12.0. The van der Waals surface area contributed by atoms with Crippen LogP contribution in [0.2, 0.25) is 0 Å². The number of benzene rings is 2. The molecule has 1 N–H and O–H groups in total. The third kappa shape index (κ3) is 6.52. The van der Waals surface area contributed by atoms with E-state index in [9.17, 15) is 9.59 Å². The number of aryl methyl sites for hydroxylation is 1. The molecule has 2 aromatic carbocycles. The highest BCUT2D eigenvalue weighted by atomic mass is 16.6. The summed E-state index contributed by atoms with van der Waals surface area (Å²) in [6.45, 7) is 3.47. The molecule has 0 atom stereocenters. The number of esters is 1. The summed E-state index contributed by atoms with van der Waals surface area (Å²) in [5.74, 6) is -0.338. The molecule has 1 aliphatic heterocycles. The van der Waals surface area contributed by atoms with Crippen molar-refractivity contribution >= 4 is 23.3 Å². The fourth-order valence-corrected chi connectivity index (χ4v) is 3.32. The molecule has 0 aliphatic carbocycles. The molecule has 0 aromatic heterocycles. The van der Waals surface area contributed by atoms with Crippen molar-refractivity contribution in [2.24, 2.45) is 0 Å². The van der Waals surface area contributed by atoms with Crippen LogP contribution in [0.15, 0.2) is 48.5 Å². The van der Waals surface area contributed by atoms with Crippen molar-refractivity contribution in [3.8, 4) is 5.75 Å². The van der Waals surface area contributed by atoms with E-state index < -0.39 is 5.97 Å². The molecule has 6 heteroatoms. The van der Waals surface area contributed by atoms with Gasteiger partial charge in [0.1, 0.15) is 5.75 Å². The Hall–Kier alpha value is -3.02. The summed E-state index contributed by atoms with van der Waals surface area (Å²) in [6, 6.07) is 15.2. The van der Waals surface area contributed by atoms with Gasteiger partial charge in [-0.3, -0.25) is 4.79 Å². The van der Waals surface area contributed by atoms with Crippen molar-refractivity contribution in [3.63, 3.8) is 0 Å². The first kappa shape index (κ1) is 20.7. The van der Waals surface area contributed by atoms with Gasteiger partial charge in [-0.2, -0.15) is 0 Å². The first-order valence-corrected chi connectivity index (χ1v) is 10.1. The van der Waals surface area contributed by atoms with Crippen LogP contribution in [0.25, 0.3) is 0 Å². The summed E-state index contributed by atoms with van der Waals surface area (Å²) in [6.07, 6.45) is 5.02. The number of hydrogen-bond donors (Lipinski definition) is 1. The number of amides is 1. The van der Waals surface area contributed by atoms with Crippen LogP contribution < -0.4 is 15.0 Å². The lowest BCUT2D eigenvalue weighted by molar-refractivity contribution is -0.149. The van der Waals surface area contributed by atoms with E-state index in [2.05, 4.69) is 10.2 Å². The predicted molar refractivity (Wildman–Crippen MR) is 113 cm³/mol. The van der Waals surface area contributed by atoms with Crippen molar-refractivity contribution in [3.05, 3.63) is 54.1 Å². The summed E-state index contributed by atoms with van der Waals surface area (Å²) in [4.78, 5) is 26.2. The van der Waals surface area contributed by atoms with E-state index >= 15 is 0 Å². The van der Waals surface area contributed by atoms with E-state index in [4.69, 9.17) is 9.47 Å². The van der Waals surface area contributed by atoms with Gasteiger partial charge in [-0.15, -0.1) is 0 Å². The number of ether oxygens (including phenoxy) is 2. The van der Waals surface area contributed by atoms with E-state index in [1.807, 2.05) is 49.4 Å². The summed E-state index contributed by atoms with van der Waals surface area (Å²) in [7, 11) is 0. The quantitative estimate of drug-likeness (QED) is 0.718. The predicted octanol–water partition coefficient (Wildman–Crippen LogP) is 3.94. The maximum Gasteiger partial charge on any atom is 0.344 e. The first-order chi connectivity index (χ1) is 14.1. The van der Waals surface area contributed by atoms with Gasteiger partial charge in [0.25, 0.3) is 5.91 Å². The number of carbonyl (C=O) groups excluding carboxylic acids is 2. The molecule has 1 saturated heterocycles. The van der Waals surface area contributed by atoms with Crippen LogP contribution in [-0.4, -0.2) is 38.2 Å². The Balaban J connectivity index is 1.40. The second-order valence-electron chi connectivity index (χ2n) is 7.21. The molecule has 3 rings (SSSR count). The van der Waals surface area contributed by atoms with Crippen LogP contribution in [0.5, 0.6) is 5.75 Å². The van der Waals surface area contributed by atoms with E-state index in [1.165, 1.54) is 31.4 Å². The maximum absolute atomic E-state index is 12.0. The van der Waals surface area contributed by atoms with Gasteiger partial charge in [-0.05, 0) is 55.7 Å². The molecule has 154 valence electrons. The molecular weight excluding hydrogens is 368 g/mol. The minimum atomic E-state index is -0.583. The summed E-state index contributed by atoms with van der Waals surface area (Å²) in [5.41, 5.74) is 2.78. The molecule has 2 aromatic rings. The Kier molecular flexibility index (Phi) is 7.50. The largest absolute Gasteiger partial charge is 0.482 e. The molecule has 1 amide bonds. The highest BCUT2D eigenvalue weighted by Gasteiger charge is 2.12. The monoisotopic (exact) mass is 396 g/mol. The Bertz CT molecular complexity index is 812. The number of para-hydroxylation sites is 1. The summed E-state index contributed by atoms with van der Waals surface area (Å²) < 4.78 is 10.4. The number of anilines is 2. The lowest BCUT2D eigenvalue weighted by Gasteiger charge is -2.22. The van der Waals surface area contributed by atoms with Gasteiger partial charge in [0.05, 0.1) is 0 Å². The molecule has 0 radical (unpaired) electrons. The van der Waals surface area contributed by atoms with Crippen LogP contribution in [0.3, 0.4) is 0 Å². The van der Waals surface area contributed by atoms with E-state index in [0.717, 1.165) is 18.7 Å². The molecule has 1 aliphatic rings. The third-order valence-electron chi connectivity index (χ3n) is 4.93. The highest BCUT2D eigenvalue weighted by Crippen LogP contribution is 2.21. The van der Waals surface area contributed by atoms with Crippen LogP contribution in [0.1, 0.15) is 31.2 Å². The smallest absolute Gasteiger partial charge is 0.344 e. The summed E-state index contributed by atoms with van der Waals surface area (Å²) >= 11 is 0.